The number of rotatable bonds is 6. The second kappa shape index (κ2) is 7.66. The quantitative estimate of drug-likeness (QED) is 0.549. The molecule has 6 heteroatoms. The van der Waals surface area contributed by atoms with Crippen LogP contribution in [0.4, 0.5) is 0 Å². The van der Waals surface area contributed by atoms with Gasteiger partial charge in [0.05, 0.1) is 12.1 Å². The van der Waals surface area contributed by atoms with Crippen molar-refractivity contribution in [3.05, 3.63) is 54.5 Å². The molecule has 27 heavy (non-hydrogen) atoms. The van der Waals surface area contributed by atoms with Gasteiger partial charge in [-0.2, -0.15) is 4.98 Å². The number of para-hydroxylation sites is 1. The zero-order valence-electron chi connectivity index (χ0n) is 16.6. The van der Waals surface area contributed by atoms with Crippen LogP contribution in [0.1, 0.15) is 26.5 Å². The van der Waals surface area contributed by atoms with Gasteiger partial charge in [-0.05, 0) is 42.4 Å². The van der Waals surface area contributed by atoms with Crippen LogP contribution in [0.2, 0.25) is 18.1 Å². The van der Waals surface area contributed by atoms with E-state index >= 15 is 0 Å². The molecule has 0 fully saturated rings. The molecular formula is C21H27N3O2Si. The predicted octanol–water partition coefficient (Wildman–Crippen LogP) is 5.79. The number of hydrogen-bond donors (Lipinski definition) is 1. The molecule has 5 nitrogen and oxygen atoms in total. The van der Waals surface area contributed by atoms with E-state index in [1.54, 1.807) is 0 Å². The van der Waals surface area contributed by atoms with Crippen LogP contribution in [0.5, 0.6) is 11.6 Å². The van der Waals surface area contributed by atoms with E-state index in [2.05, 4.69) is 48.8 Å². The van der Waals surface area contributed by atoms with E-state index in [0.717, 1.165) is 22.5 Å². The van der Waals surface area contributed by atoms with E-state index in [9.17, 15) is 0 Å². The van der Waals surface area contributed by atoms with E-state index in [0.29, 0.717) is 12.5 Å². The molecule has 0 saturated heterocycles. The van der Waals surface area contributed by atoms with Gasteiger partial charge in [0.25, 0.3) is 0 Å². The number of H-pyrrole nitrogens is 1. The molecule has 0 aliphatic heterocycles. The summed E-state index contributed by atoms with van der Waals surface area (Å²) in [5.41, 5.74) is 2.55. The van der Waals surface area contributed by atoms with Crippen LogP contribution in [-0.2, 0) is 4.43 Å². The number of hydrogen-bond acceptors (Lipinski definition) is 4. The molecule has 0 unspecified atom stereocenters. The van der Waals surface area contributed by atoms with E-state index in [4.69, 9.17) is 9.16 Å². The number of nitrogens with one attached hydrogen (secondary N) is 1. The highest BCUT2D eigenvalue weighted by atomic mass is 28.4. The fourth-order valence-corrected chi connectivity index (χ4v) is 3.30. The van der Waals surface area contributed by atoms with Crippen molar-refractivity contribution in [2.75, 3.05) is 6.61 Å². The van der Waals surface area contributed by atoms with Crippen molar-refractivity contribution < 1.29 is 9.16 Å². The average molecular weight is 382 g/mol. The zero-order chi connectivity index (χ0) is 19.5. The Bertz CT molecular complexity index is 927. The zero-order valence-corrected chi connectivity index (χ0v) is 17.6. The van der Waals surface area contributed by atoms with E-state index in [1.807, 2.05) is 48.6 Å². The van der Waals surface area contributed by atoms with Crippen molar-refractivity contribution in [3.63, 3.8) is 0 Å². The van der Waals surface area contributed by atoms with Gasteiger partial charge in [-0.25, -0.2) is 4.98 Å². The van der Waals surface area contributed by atoms with E-state index in [1.165, 1.54) is 6.33 Å². The Morgan fingerprint density at radius 2 is 1.85 bits per heavy atom. The lowest BCUT2D eigenvalue weighted by molar-refractivity contribution is 0.328. The predicted molar refractivity (Wildman–Crippen MR) is 113 cm³/mol. The molecule has 0 spiro atoms. The summed E-state index contributed by atoms with van der Waals surface area (Å²) in [6, 6.07) is 11.6. The summed E-state index contributed by atoms with van der Waals surface area (Å²) in [6.07, 6.45) is 5.57. The summed E-state index contributed by atoms with van der Waals surface area (Å²) in [5, 5.41) is 0.210. The molecular weight excluding hydrogens is 354 g/mol. The minimum absolute atomic E-state index is 0.210. The van der Waals surface area contributed by atoms with Gasteiger partial charge in [-0.3, -0.25) is 0 Å². The number of benzene rings is 1. The van der Waals surface area contributed by atoms with Gasteiger partial charge in [0.2, 0.25) is 5.88 Å². The smallest absolute Gasteiger partial charge is 0.247 e. The third kappa shape index (κ3) is 4.64. The van der Waals surface area contributed by atoms with Gasteiger partial charge < -0.3 is 14.1 Å². The van der Waals surface area contributed by atoms with Crippen molar-refractivity contribution in [3.8, 4) is 11.6 Å². The minimum Gasteiger partial charge on any atom is -0.437 e. The molecule has 0 radical (unpaired) electrons. The lowest BCUT2D eigenvalue weighted by Gasteiger charge is -2.35. The third-order valence-corrected chi connectivity index (χ3v) is 9.51. The Labute approximate surface area is 161 Å². The number of aromatic amines is 1. The van der Waals surface area contributed by atoms with Crippen molar-refractivity contribution in [1.29, 1.82) is 0 Å². The molecule has 0 amide bonds. The summed E-state index contributed by atoms with van der Waals surface area (Å²) in [5.74, 6) is 1.26. The van der Waals surface area contributed by atoms with E-state index in [-0.39, 0.29) is 5.04 Å². The first kappa shape index (κ1) is 19.3. The highest BCUT2D eigenvalue weighted by Crippen LogP contribution is 2.36. The highest BCUT2D eigenvalue weighted by Gasteiger charge is 2.36. The Balaban J connectivity index is 1.72. The van der Waals surface area contributed by atoms with Crippen LogP contribution < -0.4 is 4.74 Å². The van der Waals surface area contributed by atoms with E-state index < -0.39 is 8.32 Å². The Morgan fingerprint density at radius 3 is 2.56 bits per heavy atom. The largest absolute Gasteiger partial charge is 0.437 e. The van der Waals surface area contributed by atoms with Gasteiger partial charge in [-0.1, -0.05) is 45.0 Å². The van der Waals surface area contributed by atoms with Gasteiger partial charge in [0.1, 0.15) is 17.6 Å². The summed E-state index contributed by atoms with van der Waals surface area (Å²) in [6.45, 7) is 11.8. The SMILES string of the molecule is CC(C)(C)[Si](C)(C)OC/C=C/c1cc2ncnc(Oc3ccccc3)c2[nH]1. The fourth-order valence-electron chi connectivity index (χ4n) is 2.35. The van der Waals surface area contributed by atoms with Crippen LogP contribution in [0.25, 0.3) is 17.1 Å². The summed E-state index contributed by atoms with van der Waals surface area (Å²) >= 11 is 0. The molecule has 0 bridgehead atoms. The van der Waals surface area contributed by atoms with Crippen LogP contribution >= 0.6 is 0 Å². The molecule has 1 N–H and O–H groups in total. The van der Waals surface area contributed by atoms with Gasteiger partial charge in [0.15, 0.2) is 8.32 Å². The van der Waals surface area contributed by atoms with Crippen molar-refractivity contribution in [2.45, 2.75) is 38.9 Å². The maximum atomic E-state index is 6.18. The molecule has 2 heterocycles. The molecule has 3 rings (SSSR count). The van der Waals surface area contributed by atoms with Crippen LogP contribution in [-0.4, -0.2) is 29.9 Å². The number of nitrogens with zero attached hydrogens (tertiary/aromatic N) is 2. The number of ether oxygens (including phenoxy) is 1. The topological polar surface area (TPSA) is 60.0 Å². The standard InChI is InChI=1S/C21H27N3O2Si/c1-21(2,3)27(4,5)25-13-9-10-16-14-18-19(24-16)20(23-15-22-18)26-17-11-7-6-8-12-17/h6-12,14-15,24H,13H2,1-5H3/b10-9+. The Hall–Kier alpha value is -2.44. The van der Waals surface area contributed by atoms with Crippen molar-refractivity contribution in [1.82, 2.24) is 15.0 Å². The Kier molecular flexibility index (Phi) is 5.48. The average Bonchev–Trinajstić information content (AvgIpc) is 3.03. The highest BCUT2D eigenvalue weighted by molar-refractivity contribution is 6.74. The minimum atomic E-state index is -1.73. The van der Waals surface area contributed by atoms with Crippen molar-refractivity contribution in [2.24, 2.45) is 0 Å². The lowest BCUT2D eigenvalue weighted by atomic mass is 10.2. The molecule has 0 saturated carbocycles. The van der Waals surface area contributed by atoms with Crippen molar-refractivity contribution >= 4 is 25.4 Å². The third-order valence-electron chi connectivity index (χ3n) is 5.01. The Morgan fingerprint density at radius 1 is 1.11 bits per heavy atom. The first-order valence-corrected chi connectivity index (χ1v) is 12.0. The molecule has 1 aromatic carbocycles. The first-order valence-electron chi connectivity index (χ1n) is 9.13. The summed E-state index contributed by atoms with van der Waals surface area (Å²) in [4.78, 5) is 11.9. The number of fused-ring (bicyclic) bond motifs is 1. The summed E-state index contributed by atoms with van der Waals surface area (Å²) < 4.78 is 12.1. The molecule has 0 aliphatic carbocycles. The van der Waals surface area contributed by atoms with Gasteiger partial charge in [-0.15, -0.1) is 0 Å². The van der Waals surface area contributed by atoms with Crippen LogP contribution in [0.15, 0.2) is 48.8 Å². The summed E-state index contributed by atoms with van der Waals surface area (Å²) in [7, 11) is -1.73. The lowest BCUT2D eigenvalue weighted by Crippen LogP contribution is -2.40. The fraction of sp³-hybridized carbons (Fsp3) is 0.333. The molecule has 3 aromatic rings. The second-order valence-corrected chi connectivity index (χ2v) is 12.9. The second-order valence-electron chi connectivity index (χ2n) is 8.05. The maximum Gasteiger partial charge on any atom is 0.247 e. The monoisotopic (exact) mass is 381 g/mol. The van der Waals surface area contributed by atoms with Gasteiger partial charge in [0, 0.05) is 5.69 Å². The molecule has 0 aliphatic rings. The van der Waals surface area contributed by atoms with Gasteiger partial charge >= 0.3 is 0 Å². The number of aromatic nitrogens is 3. The van der Waals surface area contributed by atoms with Crippen LogP contribution in [0.3, 0.4) is 0 Å². The molecule has 2 aromatic heterocycles. The molecule has 142 valence electrons. The first-order chi connectivity index (χ1) is 12.8. The maximum absolute atomic E-state index is 6.18. The molecule has 0 atom stereocenters. The van der Waals surface area contributed by atoms with Crippen LogP contribution in [0, 0.1) is 0 Å². The normalized spacial score (nSPS) is 12.8.